The number of rotatable bonds is 14. The largest absolute Gasteiger partial charge is 0.344 e. The molecular formula is C39H46IN2O6S2+. The van der Waals surface area contributed by atoms with Crippen LogP contribution < -0.4 is 4.90 Å². The predicted octanol–water partition coefficient (Wildman–Crippen LogP) is 8.51. The van der Waals surface area contributed by atoms with Crippen molar-refractivity contribution in [3.8, 4) is 0 Å². The van der Waals surface area contributed by atoms with Gasteiger partial charge in [-0.25, -0.2) is 0 Å². The van der Waals surface area contributed by atoms with E-state index in [2.05, 4.69) is 114 Å². The van der Waals surface area contributed by atoms with Crippen LogP contribution in [0, 0.1) is 3.57 Å². The highest BCUT2D eigenvalue weighted by atomic mass is 127. The highest BCUT2D eigenvalue weighted by Gasteiger charge is 2.45. The lowest BCUT2D eigenvalue weighted by molar-refractivity contribution is -0.438. The molecule has 0 spiro atoms. The average molecular weight is 830 g/mol. The fourth-order valence-corrected chi connectivity index (χ4v) is 9.66. The number of fused-ring (bicyclic) bond motifs is 4. The molecule has 5 rings (SSSR count). The summed E-state index contributed by atoms with van der Waals surface area (Å²) in [6.45, 7) is 10.1. The van der Waals surface area contributed by atoms with Crippen molar-refractivity contribution in [3.05, 3.63) is 118 Å². The van der Waals surface area contributed by atoms with Crippen molar-refractivity contribution in [1.29, 1.82) is 0 Å². The lowest BCUT2D eigenvalue weighted by atomic mass is 9.79. The molecule has 8 nitrogen and oxygen atoms in total. The highest BCUT2D eigenvalue weighted by molar-refractivity contribution is 14.1. The van der Waals surface area contributed by atoms with E-state index in [0.29, 0.717) is 38.8 Å². The van der Waals surface area contributed by atoms with Crippen LogP contribution >= 0.6 is 22.6 Å². The van der Waals surface area contributed by atoms with E-state index in [1.54, 1.807) is 0 Å². The van der Waals surface area contributed by atoms with E-state index in [4.69, 9.17) is 0 Å². The first-order chi connectivity index (χ1) is 23.5. The van der Waals surface area contributed by atoms with Gasteiger partial charge in [0.05, 0.1) is 16.9 Å². The van der Waals surface area contributed by atoms with Crippen molar-refractivity contribution in [2.75, 3.05) is 29.5 Å². The van der Waals surface area contributed by atoms with Gasteiger partial charge >= 0.3 is 0 Å². The summed E-state index contributed by atoms with van der Waals surface area (Å²) in [4.78, 5) is 2.26. The first-order valence-corrected chi connectivity index (χ1v) is 21.2. The third-order valence-corrected chi connectivity index (χ3v) is 12.1. The van der Waals surface area contributed by atoms with E-state index in [-0.39, 0.29) is 22.3 Å². The van der Waals surface area contributed by atoms with Crippen molar-refractivity contribution >= 4 is 70.7 Å². The molecule has 0 aromatic heterocycles. The van der Waals surface area contributed by atoms with Crippen LogP contribution in [-0.4, -0.2) is 60.8 Å². The molecule has 0 unspecified atom stereocenters. The monoisotopic (exact) mass is 829 g/mol. The number of halogens is 1. The van der Waals surface area contributed by atoms with Gasteiger partial charge in [-0.3, -0.25) is 9.11 Å². The van der Waals surface area contributed by atoms with Crippen molar-refractivity contribution in [1.82, 2.24) is 0 Å². The summed E-state index contributed by atoms with van der Waals surface area (Å²) in [6, 6.07) is 18.9. The van der Waals surface area contributed by atoms with Gasteiger partial charge in [0, 0.05) is 56.6 Å². The van der Waals surface area contributed by atoms with Crippen LogP contribution in [0.3, 0.4) is 0 Å². The normalized spacial score (nSPS) is 18.1. The molecule has 0 radical (unpaired) electrons. The maximum absolute atomic E-state index is 11.3. The van der Waals surface area contributed by atoms with Crippen LogP contribution in [0.15, 0.2) is 103 Å². The summed E-state index contributed by atoms with van der Waals surface area (Å²) >= 11 is 2.38. The minimum absolute atomic E-state index is 0.245. The zero-order valence-corrected chi connectivity index (χ0v) is 32.8. The Morgan fingerprint density at radius 3 is 2.12 bits per heavy atom. The fraction of sp³-hybridized carbons (Fsp3) is 0.359. The molecule has 0 amide bonds. The molecule has 0 saturated heterocycles. The average Bonchev–Trinajstić information content (AvgIpc) is 3.38. The Morgan fingerprint density at radius 2 is 1.40 bits per heavy atom. The van der Waals surface area contributed by atoms with Crippen molar-refractivity contribution in [2.45, 2.75) is 64.2 Å². The maximum Gasteiger partial charge on any atom is 0.264 e. The summed E-state index contributed by atoms with van der Waals surface area (Å²) in [5.74, 6) is -0.495. The van der Waals surface area contributed by atoms with Crippen LogP contribution in [0.5, 0.6) is 0 Å². The molecule has 2 heterocycles. The van der Waals surface area contributed by atoms with Gasteiger partial charge in [0.1, 0.15) is 6.54 Å². The Balaban J connectivity index is 1.37. The van der Waals surface area contributed by atoms with Crippen molar-refractivity contribution < 1.29 is 30.5 Å². The smallest absolute Gasteiger partial charge is 0.264 e. The summed E-state index contributed by atoms with van der Waals surface area (Å²) in [5.41, 5.74) is 6.44. The molecule has 3 aromatic rings. The summed E-state index contributed by atoms with van der Waals surface area (Å²) in [5, 5.41) is 2.38. The van der Waals surface area contributed by atoms with E-state index >= 15 is 0 Å². The Hall–Kier alpha value is -3.10. The molecule has 0 saturated carbocycles. The van der Waals surface area contributed by atoms with Crippen LogP contribution in [0.1, 0.15) is 64.5 Å². The molecule has 0 fully saturated rings. The topological polar surface area (TPSA) is 115 Å². The quantitative estimate of drug-likeness (QED) is 0.0551. The number of allylic oxidation sites excluding steroid dienone is 8. The van der Waals surface area contributed by atoms with Gasteiger partial charge in [0.15, 0.2) is 5.71 Å². The molecule has 266 valence electrons. The molecule has 2 N–H and O–H groups in total. The SMILES string of the molecule is CC1(C)C(/C=C/C=C/C=C/C=C2/N(CCCCS(=O)(=O)O)c3cccc(I)c3C2(C)C)=[N+](CCCCS(=O)(=O)O)c2ccc3ccccc3c21. The van der Waals surface area contributed by atoms with E-state index in [0.717, 1.165) is 22.8 Å². The van der Waals surface area contributed by atoms with Gasteiger partial charge in [-0.05, 0) is 90.7 Å². The number of nitrogens with zero attached hydrogens (tertiary/aromatic N) is 2. The van der Waals surface area contributed by atoms with Crippen molar-refractivity contribution in [2.24, 2.45) is 0 Å². The van der Waals surface area contributed by atoms with Crippen LogP contribution in [0.2, 0.25) is 0 Å². The second-order valence-corrected chi connectivity index (χ2v) is 18.2. The molecule has 2 aliphatic rings. The number of unbranched alkanes of at least 4 members (excludes halogenated alkanes) is 2. The lowest BCUT2D eigenvalue weighted by Crippen LogP contribution is -2.28. The lowest BCUT2D eigenvalue weighted by Gasteiger charge is -2.27. The van der Waals surface area contributed by atoms with Gasteiger partial charge in [0.2, 0.25) is 5.69 Å². The van der Waals surface area contributed by atoms with E-state index < -0.39 is 20.2 Å². The predicted molar refractivity (Wildman–Crippen MR) is 213 cm³/mol. The second-order valence-electron chi connectivity index (χ2n) is 13.9. The van der Waals surface area contributed by atoms with Gasteiger partial charge in [-0.2, -0.15) is 21.4 Å². The summed E-state index contributed by atoms with van der Waals surface area (Å²) in [6.07, 6.45) is 16.3. The Bertz CT molecular complexity index is 2150. The van der Waals surface area contributed by atoms with Gasteiger partial charge in [0.25, 0.3) is 20.2 Å². The molecule has 2 aliphatic heterocycles. The molecule has 11 heteroatoms. The van der Waals surface area contributed by atoms with E-state index in [1.807, 2.05) is 42.5 Å². The number of hydrogen-bond acceptors (Lipinski definition) is 5. The number of anilines is 1. The van der Waals surface area contributed by atoms with Crippen LogP contribution in [0.25, 0.3) is 10.8 Å². The van der Waals surface area contributed by atoms with Crippen LogP contribution in [-0.2, 0) is 31.1 Å². The maximum atomic E-state index is 11.3. The standard InChI is InChI=1S/C39H45IN2O6S2/c1-38(2)34(42(26-13-15-28-50(46,47)48)33-24-23-29-17-10-11-18-30(29)36(33)38)21-8-6-5-7-9-22-35-39(3,4)37-31(40)19-16-20-32(37)41(35)25-12-14-27-49(43,44)45/h5-11,16-24H,12-15,25-28H2,1-4H3,(H-,43,44,45,46,47,48)/p+1. The molecule has 0 aliphatic carbocycles. The van der Waals surface area contributed by atoms with E-state index in [1.165, 1.54) is 25.5 Å². The van der Waals surface area contributed by atoms with Gasteiger partial charge in [-0.1, -0.05) is 74.6 Å². The molecule has 50 heavy (non-hydrogen) atoms. The summed E-state index contributed by atoms with van der Waals surface area (Å²) in [7, 11) is -7.99. The van der Waals surface area contributed by atoms with Crippen LogP contribution in [0.4, 0.5) is 11.4 Å². The zero-order chi connectivity index (χ0) is 36.3. The second kappa shape index (κ2) is 15.2. The Morgan fingerprint density at radius 1 is 0.740 bits per heavy atom. The first kappa shape index (κ1) is 38.1. The zero-order valence-electron chi connectivity index (χ0n) is 29.0. The van der Waals surface area contributed by atoms with Gasteiger partial charge in [-0.15, -0.1) is 0 Å². The van der Waals surface area contributed by atoms with Gasteiger partial charge < -0.3 is 4.90 Å². The fourth-order valence-electron chi connectivity index (χ4n) is 7.36. The number of hydrogen-bond donors (Lipinski definition) is 2. The molecule has 0 bridgehead atoms. The Kier molecular flexibility index (Phi) is 11.6. The van der Waals surface area contributed by atoms with Crippen molar-refractivity contribution in [3.63, 3.8) is 0 Å². The molecular weight excluding hydrogens is 783 g/mol. The highest BCUT2D eigenvalue weighted by Crippen LogP contribution is 2.49. The third-order valence-electron chi connectivity index (χ3n) is 9.61. The third kappa shape index (κ3) is 8.50. The van der Waals surface area contributed by atoms with E-state index in [9.17, 15) is 25.9 Å². The molecule has 0 atom stereocenters. The summed E-state index contributed by atoms with van der Waals surface area (Å²) < 4.78 is 67.1. The Labute approximate surface area is 310 Å². The number of benzene rings is 3. The molecule has 3 aromatic carbocycles. The first-order valence-electron chi connectivity index (χ1n) is 16.9. The minimum atomic E-state index is -4.00. The minimum Gasteiger partial charge on any atom is -0.344 e.